The van der Waals surface area contributed by atoms with E-state index in [4.69, 9.17) is 0 Å². The van der Waals surface area contributed by atoms with E-state index in [9.17, 15) is 0 Å². The standard InChI is InChI=1S/C13H21BrN4/c1-4-5-12-15-11(14)8-13(16-12)18-7-6-10(9-18)17(2)3/h8,10H,4-7,9H2,1-3H3. The van der Waals surface area contributed by atoms with Crippen molar-refractivity contribution in [3.63, 3.8) is 0 Å². The second-order valence-electron chi connectivity index (χ2n) is 5.07. The average Bonchev–Trinajstić information content (AvgIpc) is 2.78. The van der Waals surface area contributed by atoms with Gasteiger partial charge in [0.2, 0.25) is 0 Å². The number of hydrogen-bond acceptors (Lipinski definition) is 4. The largest absolute Gasteiger partial charge is 0.355 e. The second kappa shape index (κ2) is 5.97. The molecule has 0 radical (unpaired) electrons. The van der Waals surface area contributed by atoms with Crippen molar-refractivity contribution in [2.75, 3.05) is 32.1 Å². The minimum Gasteiger partial charge on any atom is -0.355 e. The topological polar surface area (TPSA) is 32.3 Å². The summed E-state index contributed by atoms with van der Waals surface area (Å²) in [6, 6.07) is 2.66. The molecular formula is C13H21BrN4. The SMILES string of the molecule is CCCc1nc(Br)cc(N2CCC(N(C)C)C2)n1. The molecule has 0 spiro atoms. The molecule has 2 rings (SSSR count). The van der Waals surface area contributed by atoms with Gasteiger partial charge in [0.05, 0.1) is 0 Å². The molecule has 1 atom stereocenters. The van der Waals surface area contributed by atoms with E-state index in [0.29, 0.717) is 6.04 Å². The lowest BCUT2D eigenvalue weighted by Crippen LogP contribution is -2.31. The van der Waals surface area contributed by atoms with Gasteiger partial charge in [-0.2, -0.15) is 0 Å². The Bertz CT molecular complexity index is 408. The highest BCUT2D eigenvalue weighted by molar-refractivity contribution is 9.10. The van der Waals surface area contributed by atoms with Gasteiger partial charge < -0.3 is 9.80 Å². The van der Waals surface area contributed by atoms with Crippen LogP contribution in [0.5, 0.6) is 0 Å². The zero-order valence-electron chi connectivity index (χ0n) is 11.4. The lowest BCUT2D eigenvalue weighted by molar-refractivity contribution is 0.315. The van der Waals surface area contributed by atoms with Crippen LogP contribution in [0.4, 0.5) is 5.82 Å². The van der Waals surface area contributed by atoms with Crippen LogP contribution in [-0.2, 0) is 6.42 Å². The van der Waals surface area contributed by atoms with Gasteiger partial charge >= 0.3 is 0 Å². The van der Waals surface area contributed by atoms with Crippen molar-refractivity contribution in [3.05, 3.63) is 16.5 Å². The third kappa shape index (κ3) is 3.20. The Balaban J connectivity index is 2.13. The Kier molecular flexibility index (Phi) is 4.56. The summed E-state index contributed by atoms with van der Waals surface area (Å²) in [5.41, 5.74) is 0. The maximum absolute atomic E-state index is 4.67. The molecule has 1 aromatic rings. The molecule has 1 unspecified atom stereocenters. The van der Waals surface area contributed by atoms with E-state index in [0.717, 1.165) is 42.2 Å². The fourth-order valence-corrected chi connectivity index (χ4v) is 2.73. The number of aryl methyl sites for hydroxylation is 1. The van der Waals surface area contributed by atoms with Gasteiger partial charge in [-0.15, -0.1) is 0 Å². The van der Waals surface area contributed by atoms with Crippen LogP contribution in [0.1, 0.15) is 25.6 Å². The van der Waals surface area contributed by atoms with Gasteiger partial charge in [0.15, 0.2) is 0 Å². The number of likely N-dealkylation sites (N-methyl/N-ethyl adjacent to an activating group) is 1. The van der Waals surface area contributed by atoms with Crippen LogP contribution < -0.4 is 4.90 Å². The molecule has 5 heteroatoms. The Morgan fingerprint density at radius 1 is 1.44 bits per heavy atom. The molecular weight excluding hydrogens is 292 g/mol. The van der Waals surface area contributed by atoms with Crippen LogP contribution in [0.2, 0.25) is 0 Å². The second-order valence-corrected chi connectivity index (χ2v) is 5.88. The molecule has 0 N–H and O–H groups in total. The van der Waals surface area contributed by atoms with E-state index >= 15 is 0 Å². The molecule has 1 saturated heterocycles. The zero-order chi connectivity index (χ0) is 13.1. The van der Waals surface area contributed by atoms with Gasteiger partial charge in [-0.1, -0.05) is 6.92 Å². The van der Waals surface area contributed by atoms with E-state index in [1.807, 2.05) is 6.07 Å². The molecule has 2 heterocycles. The van der Waals surface area contributed by atoms with Crippen molar-refractivity contribution >= 4 is 21.7 Å². The maximum Gasteiger partial charge on any atom is 0.133 e. The van der Waals surface area contributed by atoms with Gasteiger partial charge in [-0.25, -0.2) is 9.97 Å². The van der Waals surface area contributed by atoms with E-state index in [2.05, 4.69) is 56.7 Å². The summed E-state index contributed by atoms with van der Waals surface area (Å²) in [4.78, 5) is 13.7. The van der Waals surface area contributed by atoms with Gasteiger partial charge in [0, 0.05) is 31.6 Å². The predicted molar refractivity (Wildman–Crippen MR) is 78.0 cm³/mol. The third-order valence-electron chi connectivity index (χ3n) is 3.42. The van der Waals surface area contributed by atoms with Gasteiger partial charge in [-0.3, -0.25) is 0 Å². The zero-order valence-corrected chi connectivity index (χ0v) is 12.9. The van der Waals surface area contributed by atoms with Crippen LogP contribution in [0, 0.1) is 0 Å². The molecule has 0 aromatic carbocycles. The molecule has 0 saturated carbocycles. The minimum absolute atomic E-state index is 0.633. The summed E-state index contributed by atoms with van der Waals surface area (Å²) in [7, 11) is 4.29. The van der Waals surface area contributed by atoms with Crippen molar-refractivity contribution in [1.29, 1.82) is 0 Å². The lowest BCUT2D eigenvalue weighted by atomic mass is 10.2. The number of rotatable bonds is 4. The van der Waals surface area contributed by atoms with Crippen molar-refractivity contribution in [1.82, 2.24) is 14.9 Å². The summed E-state index contributed by atoms with van der Waals surface area (Å²) in [5.74, 6) is 2.00. The fraction of sp³-hybridized carbons (Fsp3) is 0.692. The van der Waals surface area contributed by atoms with Crippen molar-refractivity contribution in [3.8, 4) is 0 Å². The predicted octanol–water partition coefficient (Wildman–Crippen LogP) is 2.33. The van der Waals surface area contributed by atoms with Crippen LogP contribution in [0.15, 0.2) is 10.7 Å². The number of aromatic nitrogens is 2. The first-order valence-electron chi connectivity index (χ1n) is 6.55. The average molecular weight is 313 g/mol. The molecule has 0 bridgehead atoms. The molecule has 1 aliphatic heterocycles. The van der Waals surface area contributed by atoms with Crippen molar-refractivity contribution in [2.45, 2.75) is 32.2 Å². The molecule has 4 nitrogen and oxygen atoms in total. The van der Waals surface area contributed by atoms with E-state index < -0.39 is 0 Å². The smallest absolute Gasteiger partial charge is 0.133 e. The monoisotopic (exact) mass is 312 g/mol. The van der Waals surface area contributed by atoms with Crippen LogP contribution in [0.3, 0.4) is 0 Å². The number of hydrogen-bond donors (Lipinski definition) is 0. The number of halogens is 1. The Morgan fingerprint density at radius 2 is 2.22 bits per heavy atom. The van der Waals surface area contributed by atoms with Gasteiger partial charge in [-0.05, 0) is 42.9 Å². The van der Waals surface area contributed by atoms with E-state index in [1.54, 1.807) is 0 Å². The van der Waals surface area contributed by atoms with Gasteiger partial charge in [0.1, 0.15) is 16.2 Å². The minimum atomic E-state index is 0.633. The normalized spacial score (nSPS) is 19.8. The summed E-state index contributed by atoms with van der Waals surface area (Å²) < 4.78 is 0.893. The summed E-state index contributed by atoms with van der Waals surface area (Å²) in [6.45, 7) is 4.29. The van der Waals surface area contributed by atoms with Crippen LogP contribution >= 0.6 is 15.9 Å². The molecule has 0 amide bonds. The van der Waals surface area contributed by atoms with Gasteiger partial charge in [0.25, 0.3) is 0 Å². The quantitative estimate of drug-likeness (QED) is 0.799. The van der Waals surface area contributed by atoms with Crippen LogP contribution in [-0.4, -0.2) is 48.1 Å². The highest BCUT2D eigenvalue weighted by Gasteiger charge is 2.25. The van der Waals surface area contributed by atoms with Crippen molar-refractivity contribution in [2.24, 2.45) is 0 Å². The first kappa shape index (κ1) is 13.7. The van der Waals surface area contributed by atoms with E-state index in [-0.39, 0.29) is 0 Å². The highest BCUT2D eigenvalue weighted by Crippen LogP contribution is 2.23. The molecule has 100 valence electrons. The summed E-state index contributed by atoms with van der Waals surface area (Å²) in [6.07, 6.45) is 3.23. The third-order valence-corrected chi connectivity index (χ3v) is 3.83. The number of nitrogens with zero attached hydrogens (tertiary/aromatic N) is 4. The fourth-order valence-electron chi connectivity index (χ4n) is 2.32. The van der Waals surface area contributed by atoms with Crippen LogP contribution in [0.25, 0.3) is 0 Å². The molecule has 0 aliphatic carbocycles. The number of anilines is 1. The molecule has 1 aliphatic rings. The molecule has 18 heavy (non-hydrogen) atoms. The Morgan fingerprint density at radius 3 is 2.83 bits per heavy atom. The first-order chi connectivity index (χ1) is 8.60. The summed E-state index contributed by atoms with van der Waals surface area (Å²) in [5, 5.41) is 0. The Hall–Kier alpha value is -0.680. The Labute approximate surface area is 118 Å². The molecule has 1 fully saturated rings. The lowest BCUT2D eigenvalue weighted by Gasteiger charge is -2.21. The first-order valence-corrected chi connectivity index (χ1v) is 7.34. The highest BCUT2D eigenvalue weighted by atomic mass is 79.9. The maximum atomic E-state index is 4.67. The van der Waals surface area contributed by atoms with E-state index in [1.165, 1.54) is 6.42 Å². The van der Waals surface area contributed by atoms with Crippen molar-refractivity contribution < 1.29 is 0 Å². The molecule has 1 aromatic heterocycles. The summed E-state index contributed by atoms with van der Waals surface area (Å²) >= 11 is 3.49.